The maximum atomic E-state index is 6.00. The summed E-state index contributed by atoms with van der Waals surface area (Å²) in [7, 11) is 0. The Balaban J connectivity index is 1.69. The normalized spacial score (nSPS) is 20.8. The van der Waals surface area contributed by atoms with Gasteiger partial charge in [0.25, 0.3) is 0 Å². The molecule has 0 atom stereocenters. The molecule has 2 heterocycles. The molecule has 0 amide bonds. The fourth-order valence-corrected chi connectivity index (χ4v) is 3.04. The number of nitrogens with zero attached hydrogens (tertiary/aromatic N) is 4. The molecular formula is C12H18ClN5OS. The second-order valence-electron chi connectivity index (χ2n) is 5.07. The molecule has 20 heavy (non-hydrogen) atoms. The summed E-state index contributed by atoms with van der Waals surface area (Å²) in [4.78, 5) is 14.9. The van der Waals surface area contributed by atoms with Crippen molar-refractivity contribution >= 4 is 35.3 Å². The molecule has 0 aromatic carbocycles. The van der Waals surface area contributed by atoms with Gasteiger partial charge in [-0.25, -0.2) is 0 Å². The molecule has 2 aliphatic rings. The lowest BCUT2D eigenvalue weighted by Crippen LogP contribution is -2.37. The van der Waals surface area contributed by atoms with Crippen LogP contribution in [0, 0.1) is 0 Å². The number of anilines is 2. The van der Waals surface area contributed by atoms with Crippen LogP contribution in [-0.4, -0.2) is 58.8 Å². The Morgan fingerprint density at radius 2 is 2.05 bits per heavy atom. The maximum absolute atomic E-state index is 6.00. The van der Waals surface area contributed by atoms with E-state index in [1.165, 1.54) is 12.8 Å². The van der Waals surface area contributed by atoms with E-state index in [2.05, 4.69) is 31.4 Å². The van der Waals surface area contributed by atoms with Crippen LogP contribution in [0.4, 0.5) is 11.9 Å². The summed E-state index contributed by atoms with van der Waals surface area (Å²) >= 11 is 7.90. The zero-order valence-corrected chi connectivity index (χ0v) is 13.0. The predicted octanol–water partition coefficient (Wildman–Crippen LogP) is 1.67. The van der Waals surface area contributed by atoms with Crippen molar-refractivity contribution in [1.82, 2.24) is 15.0 Å². The van der Waals surface area contributed by atoms with E-state index in [0.29, 0.717) is 29.9 Å². The molecule has 0 bridgehead atoms. The van der Waals surface area contributed by atoms with Gasteiger partial charge in [-0.05, 0) is 30.7 Å². The molecule has 0 spiro atoms. The number of aromatic nitrogens is 3. The maximum Gasteiger partial charge on any atom is 0.231 e. The summed E-state index contributed by atoms with van der Waals surface area (Å²) in [5, 5.41) is 3.53. The number of ether oxygens (including phenoxy) is 1. The van der Waals surface area contributed by atoms with Crippen molar-refractivity contribution in [3.8, 4) is 0 Å². The van der Waals surface area contributed by atoms with Gasteiger partial charge in [0.05, 0.1) is 13.2 Å². The van der Waals surface area contributed by atoms with Crippen LogP contribution < -0.4 is 10.2 Å². The third-order valence-corrected chi connectivity index (χ3v) is 5.29. The quantitative estimate of drug-likeness (QED) is 0.886. The van der Waals surface area contributed by atoms with Crippen LogP contribution in [-0.2, 0) is 4.74 Å². The average molecular weight is 316 g/mol. The second-order valence-corrected chi connectivity index (χ2v) is 6.68. The van der Waals surface area contributed by atoms with Gasteiger partial charge in [0, 0.05) is 24.4 Å². The van der Waals surface area contributed by atoms with E-state index in [1.807, 2.05) is 11.8 Å². The highest BCUT2D eigenvalue weighted by molar-refractivity contribution is 8.00. The Morgan fingerprint density at radius 3 is 2.70 bits per heavy atom. The van der Waals surface area contributed by atoms with Crippen molar-refractivity contribution in [2.45, 2.75) is 17.6 Å². The summed E-state index contributed by atoms with van der Waals surface area (Å²) < 4.78 is 5.69. The molecule has 8 heteroatoms. The molecule has 6 nitrogen and oxygen atoms in total. The molecule has 2 fully saturated rings. The SMILES string of the molecule is CSC1(CNc2nc(Cl)nc(N3CCOCC3)n2)CC1. The molecule has 0 unspecified atom stereocenters. The van der Waals surface area contributed by atoms with Gasteiger partial charge in [-0.2, -0.15) is 26.7 Å². The first-order valence-electron chi connectivity index (χ1n) is 6.74. The first kappa shape index (κ1) is 14.2. The lowest BCUT2D eigenvalue weighted by atomic mass is 10.4. The summed E-state index contributed by atoms with van der Waals surface area (Å²) in [6, 6.07) is 0. The summed E-state index contributed by atoms with van der Waals surface area (Å²) in [5.41, 5.74) is 0. The third-order valence-electron chi connectivity index (χ3n) is 3.70. The molecule has 1 aliphatic heterocycles. The van der Waals surface area contributed by atoms with Crippen LogP contribution in [0.2, 0.25) is 5.28 Å². The number of thioether (sulfide) groups is 1. The fraction of sp³-hybridized carbons (Fsp3) is 0.750. The molecule has 1 saturated heterocycles. The lowest BCUT2D eigenvalue weighted by molar-refractivity contribution is 0.122. The predicted molar refractivity (Wildman–Crippen MR) is 81.8 cm³/mol. The Kier molecular flexibility index (Phi) is 4.18. The smallest absolute Gasteiger partial charge is 0.231 e. The minimum atomic E-state index is 0.234. The first-order valence-corrected chi connectivity index (χ1v) is 8.34. The van der Waals surface area contributed by atoms with Crippen LogP contribution >= 0.6 is 23.4 Å². The Morgan fingerprint density at radius 1 is 1.30 bits per heavy atom. The van der Waals surface area contributed by atoms with Crippen LogP contribution in [0.25, 0.3) is 0 Å². The number of morpholine rings is 1. The molecule has 1 aliphatic carbocycles. The average Bonchev–Trinajstić information content (AvgIpc) is 3.26. The van der Waals surface area contributed by atoms with E-state index in [1.54, 1.807) is 0 Å². The molecule has 1 N–H and O–H groups in total. The summed E-state index contributed by atoms with van der Waals surface area (Å²) in [6.45, 7) is 3.84. The highest BCUT2D eigenvalue weighted by atomic mass is 35.5. The van der Waals surface area contributed by atoms with E-state index in [4.69, 9.17) is 16.3 Å². The zero-order chi connectivity index (χ0) is 14.0. The van der Waals surface area contributed by atoms with Crippen molar-refractivity contribution in [3.05, 3.63) is 5.28 Å². The van der Waals surface area contributed by atoms with Crippen molar-refractivity contribution in [1.29, 1.82) is 0 Å². The highest BCUT2D eigenvalue weighted by Gasteiger charge is 2.41. The van der Waals surface area contributed by atoms with Gasteiger partial charge in [-0.3, -0.25) is 0 Å². The van der Waals surface area contributed by atoms with E-state index in [-0.39, 0.29) is 5.28 Å². The number of nitrogens with one attached hydrogen (secondary N) is 1. The number of halogens is 1. The van der Waals surface area contributed by atoms with E-state index >= 15 is 0 Å². The monoisotopic (exact) mass is 315 g/mol. The van der Waals surface area contributed by atoms with Crippen molar-refractivity contribution in [3.63, 3.8) is 0 Å². The van der Waals surface area contributed by atoms with Crippen LogP contribution in [0.3, 0.4) is 0 Å². The van der Waals surface area contributed by atoms with Crippen molar-refractivity contribution in [2.75, 3.05) is 49.3 Å². The molecular weight excluding hydrogens is 298 g/mol. The van der Waals surface area contributed by atoms with Gasteiger partial charge in [-0.1, -0.05) is 0 Å². The number of hydrogen-bond acceptors (Lipinski definition) is 7. The first-order chi connectivity index (χ1) is 9.71. The number of rotatable bonds is 5. The molecule has 0 radical (unpaired) electrons. The molecule has 1 aromatic heterocycles. The van der Waals surface area contributed by atoms with Gasteiger partial charge < -0.3 is 15.0 Å². The fourth-order valence-electron chi connectivity index (χ4n) is 2.16. The summed E-state index contributed by atoms with van der Waals surface area (Å²) in [5.74, 6) is 1.19. The van der Waals surface area contributed by atoms with Gasteiger partial charge in [0.2, 0.25) is 17.2 Å². The van der Waals surface area contributed by atoms with Crippen molar-refractivity contribution in [2.24, 2.45) is 0 Å². The Labute approximate surface area is 127 Å². The van der Waals surface area contributed by atoms with Crippen LogP contribution in [0.5, 0.6) is 0 Å². The van der Waals surface area contributed by atoms with Crippen LogP contribution in [0.1, 0.15) is 12.8 Å². The molecule has 110 valence electrons. The summed E-state index contributed by atoms with van der Waals surface area (Å²) in [6.07, 6.45) is 4.64. The zero-order valence-electron chi connectivity index (χ0n) is 11.4. The minimum Gasteiger partial charge on any atom is -0.378 e. The highest BCUT2D eigenvalue weighted by Crippen LogP contribution is 2.46. The van der Waals surface area contributed by atoms with E-state index < -0.39 is 0 Å². The second kappa shape index (κ2) is 5.91. The molecule has 3 rings (SSSR count). The Bertz CT molecular complexity index is 479. The Hall–Kier alpha value is -0.790. The van der Waals surface area contributed by atoms with Crippen molar-refractivity contribution < 1.29 is 4.74 Å². The lowest BCUT2D eigenvalue weighted by Gasteiger charge is -2.26. The van der Waals surface area contributed by atoms with E-state index in [0.717, 1.165) is 19.6 Å². The van der Waals surface area contributed by atoms with Gasteiger partial charge in [0.15, 0.2) is 0 Å². The van der Waals surface area contributed by atoms with Gasteiger partial charge in [-0.15, -0.1) is 0 Å². The molecule has 1 saturated carbocycles. The third kappa shape index (κ3) is 3.27. The topological polar surface area (TPSA) is 63.2 Å². The minimum absolute atomic E-state index is 0.234. The molecule has 1 aromatic rings. The number of hydrogen-bond donors (Lipinski definition) is 1. The van der Waals surface area contributed by atoms with Gasteiger partial charge in [0.1, 0.15) is 0 Å². The standard InChI is InChI=1S/C12H18ClN5OS/c1-20-12(2-3-12)8-14-10-15-9(13)16-11(17-10)18-4-6-19-7-5-18/h2-8H2,1H3,(H,14,15,16,17). The van der Waals surface area contributed by atoms with E-state index in [9.17, 15) is 0 Å². The largest absolute Gasteiger partial charge is 0.378 e. The van der Waals surface area contributed by atoms with Crippen LogP contribution in [0.15, 0.2) is 0 Å². The van der Waals surface area contributed by atoms with Gasteiger partial charge >= 0.3 is 0 Å².